The van der Waals surface area contributed by atoms with Crippen LogP contribution in [0, 0.1) is 11.6 Å². The first kappa shape index (κ1) is 12.9. The van der Waals surface area contributed by atoms with Gasteiger partial charge in [0.25, 0.3) is 0 Å². The molecule has 1 nitrogen and oxygen atoms in total. The molecule has 94 valence electrons. The Labute approximate surface area is 108 Å². The maximum atomic E-state index is 13.6. The molecule has 0 unspecified atom stereocenters. The summed E-state index contributed by atoms with van der Waals surface area (Å²) in [6.07, 6.45) is 1.26. The Morgan fingerprint density at radius 1 is 1.22 bits per heavy atom. The fourth-order valence-corrected chi connectivity index (χ4v) is 2.67. The first-order valence-electron chi connectivity index (χ1n) is 5.71. The van der Waals surface area contributed by atoms with Crippen LogP contribution < -0.4 is 0 Å². The van der Waals surface area contributed by atoms with E-state index in [1.54, 1.807) is 12.1 Å². The zero-order chi connectivity index (χ0) is 13.1. The van der Waals surface area contributed by atoms with E-state index in [9.17, 15) is 13.6 Å². The van der Waals surface area contributed by atoms with Gasteiger partial charge >= 0.3 is 0 Å². The van der Waals surface area contributed by atoms with Crippen molar-refractivity contribution in [2.75, 3.05) is 0 Å². The lowest BCUT2D eigenvalue weighted by atomic mass is 10.1. The van der Waals surface area contributed by atoms with E-state index < -0.39 is 11.6 Å². The maximum Gasteiger partial charge on any atom is 0.172 e. The fourth-order valence-electron chi connectivity index (χ4n) is 1.68. The number of thiophene rings is 1. The van der Waals surface area contributed by atoms with E-state index >= 15 is 0 Å². The summed E-state index contributed by atoms with van der Waals surface area (Å²) >= 11 is 1.20. The van der Waals surface area contributed by atoms with E-state index in [0.717, 1.165) is 12.5 Å². The molecule has 0 aliphatic carbocycles. The molecular formula is C14H12F2OS. The highest BCUT2D eigenvalue weighted by Crippen LogP contribution is 2.31. The second kappa shape index (κ2) is 5.40. The van der Waals surface area contributed by atoms with E-state index in [2.05, 4.69) is 0 Å². The zero-order valence-electron chi connectivity index (χ0n) is 9.87. The number of carbonyl (C=O) groups is 1. The van der Waals surface area contributed by atoms with E-state index in [1.165, 1.54) is 23.5 Å². The van der Waals surface area contributed by atoms with Gasteiger partial charge in [0.1, 0.15) is 0 Å². The average Bonchev–Trinajstić information content (AvgIpc) is 2.82. The van der Waals surface area contributed by atoms with Crippen molar-refractivity contribution in [3.63, 3.8) is 0 Å². The Morgan fingerprint density at radius 3 is 2.72 bits per heavy atom. The van der Waals surface area contributed by atoms with Crippen LogP contribution in [0.3, 0.4) is 0 Å². The van der Waals surface area contributed by atoms with Gasteiger partial charge in [-0.25, -0.2) is 8.78 Å². The highest BCUT2D eigenvalue weighted by Gasteiger charge is 2.14. The van der Waals surface area contributed by atoms with Gasteiger partial charge in [0.15, 0.2) is 17.4 Å². The summed E-state index contributed by atoms with van der Waals surface area (Å²) in [5.41, 5.74) is 0.204. The molecule has 0 aliphatic heterocycles. The van der Waals surface area contributed by atoms with Gasteiger partial charge < -0.3 is 0 Å². The third-order valence-electron chi connectivity index (χ3n) is 2.57. The lowest BCUT2D eigenvalue weighted by Gasteiger charge is -2.00. The third kappa shape index (κ3) is 2.48. The van der Waals surface area contributed by atoms with Crippen molar-refractivity contribution in [2.45, 2.75) is 19.8 Å². The van der Waals surface area contributed by atoms with Crippen molar-refractivity contribution in [1.82, 2.24) is 0 Å². The van der Waals surface area contributed by atoms with Gasteiger partial charge in [0.05, 0.1) is 4.88 Å². The highest BCUT2D eigenvalue weighted by molar-refractivity contribution is 7.17. The summed E-state index contributed by atoms with van der Waals surface area (Å²) < 4.78 is 26.7. The van der Waals surface area contributed by atoms with Gasteiger partial charge in [-0.2, -0.15) is 0 Å². The molecule has 18 heavy (non-hydrogen) atoms. The van der Waals surface area contributed by atoms with Gasteiger partial charge in [-0.1, -0.05) is 19.1 Å². The molecule has 0 N–H and O–H groups in total. The molecule has 2 rings (SSSR count). The fraction of sp³-hybridized carbons (Fsp3) is 0.214. The van der Waals surface area contributed by atoms with Crippen LogP contribution in [-0.4, -0.2) is 5.78 Å². The molecule has 0 amide bonds. The van der Waals surface area contributed by atoms with E-state index in [4.69, 9.17) is 0 Å². The van der Waals surface area contributed by atoms with Gasteiger partial charge in [0.2, 0.25) is 0 Å². The second-order valence-electron chi connectivity index (χ2n) is 3.94. The lowest BCUT2D eigenvalue weighted by molar-refractivity contribution is 0.0985. The SMILES string of the molecule is CCCC(=O)c1ccc(-c2cccc(F)c2F)s1. The molecule has 1 aromatic carbocycles. The van der Waals surface area contributed by atoms with Crippen molar-refractivity contribution in [2.24, 2.45) is 0 Å². The molecule has 0 spiro atoms. The molecule has 2 aromatic rings. The van der Waals surface area contributed by atoms with Crippen LogP contribution in [0.1, 0.15) is 29.4 Å². The second-order valence-corrected chi connectivity index (χ2v) is 5.02. The standard InChI is InChI=1S/C14H12F2OS/c1-2-4-11(17)13-8-7-12(18-13)9-5-3-6-10(15)14(9)16/h3,5-8H,2,4H2,1H3. The molecule has 0 atom stereocenters. The first-order chi connectivity index (χ1) is 8.63. The summed E-state index contributed by atoms with van der Waals surface area (Å²) in [5, 5.41) is 0. The van der Waals surface area contributed by atoms with Crippen LogP contribution in [0.15, 0.2) is 30.3 Å². The largest absolute Gasteiger partial charge is 0.293 e. The van der Waals surface area contributed by atoms with Crippen molar-refractivity contribution >= 4 is 17.1 Å². The number of halogens is 2. The molecule has 0 aliphatic rings. The predicted octanol–water partition coefficient (Wildman–Crippen LogP) is 4.68. The summed E-state index contributed by atoms with van der Waals surface area (Å²) in [6, 6.07) is 7.38. The van der Waals surface area contributed by atoms with Crippen LogP contribution in [-0.2, 0) is 0 Å². The summed E-state index contributed by atoms with van der Waals surface area (Å²) in [6.45, 7) is 1.93. The summed E-state index contributed by atoms with van der Waals surface area (Å²) in [4.78, 5) is 12.9. The van der Waals surface area contributed by atoms with Crippen molar-refractivity contribution in [1.29, 1.82) is 0 Å². The van der Waals surface area contributed by atoms with Crippen LogP contribution in [0.4, 0.5) is 8.78 Å². The third-order valence-corrected chi connectivity index (χ3v) is 3.73. The van der Waals surface area contributed by atoms with Gasteiger partial charge in [-0.3, -0.25) is 4.79 Å². The molecule has 0 saturated heterocycles. The number of ketones is 1. The Kier molecular flexibility index (Phi) is 3.87. The van der Waals surface area contributed by atoms with Gasteiger partial charge in [0, 0.05) is 16.9 Å². The number of Topliss-reactive ketones (excluding diaryl/α,β-unsaturated/α-hetero) is 1. The molecule has 1 aromatic heterocycles. The molecule has 0 bridgehead atoms. The Hall–Kier alpha value is -1.55. The van der Waals surface area contributed by atoms with E-state index in [-0.39, 0.29) is 11.3 Å². The Bertz CT molecular complexity index is 575. The van der Waals surface area contributed by atoms with Gasteiger partial charge in [-0.15, -0.1) is 11.3 Å². The topological polar surface area (TPSA) is 17.1 Å². The van der Waals surface area contributed by atoms with Crippen molar-refractivity contribution in [3.8, 4) is 10.4 Å². The molecule has 1 heterocycles. The Balaban J connectivity index is 2.35. The molecule has 0 fully saturated rings. The van der Waals surface area contributed by atoms with E-state index in [0.29, 0.717) is 16.2 Å². The average molecular weight is 266 g/mol. The predicted molar refractivity (Wildman–Crippen MR) is 68.9 cm³/mol. The number of benzene rings is 1. The van der Waals surface area contributed by atoms with Crippen LogP contribution in [0.2, 0.25) is 0 Å². The normalized spacial score (nSPS) is 10.6. The molecule has 0 saturated carbocycles. The van der Waals surface area contributed by atoms with E-state index in [1.807, 2.05) is 6.92 Å². The Morgan fingerprint density at radius 2 is 2.00 bits per heavy atom. The van der Waals surface area contributed by atoms with Gasteiger partial charge in [-0.05, 0) is 24.6 Å². The highest BCUT2D eigenvalue weighted by atomic mass is 32.1. The minimum Gasteiger partial charge on any atom is -0.293 e. The van der Waals surface area contributed by atoms with Crippen LogP contribution in [0.5, 0.6) is 0 Å². The van der Waals surface area contributed by atoms with Crippen molar-refractivity contribution in [3.05, 3.63) is 46.8 Å². The van der Waals surface area contributed by atoms with Crippen molar-refractivity contribution < 1.29 is 13.6 Å². The number of rotatable bonds is 4. The molecular weight excluding hydrogens is 254 g/mol. The maximum absolute atomic E-state index is 13.6. The number of hydrogen-bond donors (Lipinski definition) is 0. The molecule has 0 radical (unpaired) electrons. The number of carbonyl (C=O) groups excluding carboxylic acids is 1. The first-order valence-corrected chi connectivity index (χ1v) is 6.52. The zero-order valence-corrected chi connectivity index (χ0v) is 10.7. The minimum atomic E-state index is -0.873. The number of hydrogen-bond acceptors (Lipinski definition) is 2. The lowest BCUT2D eigenvalue weighted by Crippen LogP contribution is -1.93. The summed E-state index contributed by atoms with van der Waals surface area (Å²) in [7, 11) is 0. The monoisotopic (exact) mass is 266 g/mol. The van der Waals surface area contributed by atoms with Crippen LogP contribution >= 0.6 is 11.3 Å². The smallest absolute Gasteiger partial charge is 0.172 e. The minimum absolute atomic E-state index is 0.0468. The summed E-state index contributed by atoms with van der Waals surface area (Å²) in [5.74, 6) is -1.69. The van der Waals surface area contributed by atoms with Crippen LogP contribution in [0.25, 0.3) is 10.4 Å². The quantitative estimate of drug-likeness (QED) is 0.734. The molecule has 4 heteroatoms.